The van der Waals surface area contributed by atoms with Gasteiger partial charge in [0.25, 0.3) is 0 Å². The predicted molar refractivity (Wildman–Crippen MR) is 113 cm³/mol. The van der Waals surface area contributed by atoms with E-state index in [0.29, 0.717) is 6.04 Å². The minimum absolute atomic E-state index is 0.0301. The Hall–Kier alpha value is -2.47. The lowest BCUT2D eigenvalue weighted by Gasteiger charge is -2.36. The van der Waals surface area contributed by atoms with Crippen LogP contribution in [-0.2, 0) is 17.8 Å². The molecule has 1 aromatic carbocycles. The van der Waals surface area contributed by atoms with Gasteiger partial charge in [0.15, 0.2) is 0 Å². The standard InChI is InChI=1S/C23H30N4O2/c1-25-13-7-3-6-11-20-21(25)16-19(15-18-9-4-2-5-10-18)27(20)22(28)17-26-14-8-12-24-23(26)29/h2,4-5,8-10,12,14,19-21H,3,6-7,11,13,15-17H2,1H3/t19-,20-,21+/m1/s1. The number of carbonyl (C=O) groups is 1. The Labute approximate surface area is 172 Å². The van der Waals surface area contributed by atoms with E-state index in [-0.39, 0.29) is 30.2 Å². The second kappa shape index (κ2) is 8.91. The highest BCUT2D eigenvalue weighted by Gasteiger charge is 2.45. The zero-order chi connectivity index (χ0) is 20.2. The quantitative estimate of drug-likeness (QED) is 0.799. The molecule has 0 N–H and O–H groups in total. The molecule has 1 amide bonds. The van der Waals surface area contributed by atoms with Gasteiger partial charge in [0, 0.05) is 30.5 Å². The SMILES string of the molecule is CN1CCCCC[C@@H]2[C@@H]1C[C@@H](Cc1ccccc1)N2C(=O)Cn1cccnc1=O. The van der Waals surface area contributed by atoms with E-state index < -0.39 is 0 Å². The molecule has 2 aliphatic heterocycles. The molecular formula is C23H30N4O2. The molecule has 2 fully saturated rings. The van der Waals surface area contributed by atoms with Crippen molar-refractivity contribution in [1.82, 2.24) is 19.4 Å². The van der Waals surface area contributed by atoms with Crippen LogP contribution in [0.3, 0.4) is 0 Å². The van der Waals surface area contributed by atoms with Gasteiger partial charge in [-0.2, -0.15) is 0 Å². The number of amides is 1. The molecule has 6 nitrogen and oxygen atoms in total. The Kier molecular flexibility index (Phi) is 6.09. The molecule has 29 heavy (non-hydrogen) atoms. The average molecular weight is 395 g/mol. The van der Waals surface area contributed by atoms with E-state index in [1.165, 1.54) is 29.2 Å². The molecule has 154 valence electrons. The number of fused-ring (bicyclic) bond motifs is 1. The zero-order valence-corrected chi connectivity index (χ0v) is 17.1. The van der Waals surface area contributed by atoms with Gasteiger partial charge >= 0.3 is 5.69 Å². The number of likely N-dealkylation sites (N-methyl/N-ethyl adjacent to an activating group) is 1. The summed E-state index contributed by atoms with van der Waals surface area (Å²) >= 11 is 0. The number of rotatable bonds is 4. The van der Waals surface area contributed by atoms with Crippen molar-refractivity contribution in [3.8, 4) is 0 Å². The van der Waals surface area contributed by atoms with Crippen molar-refractivity contribution in [2.45, 2.75) is 63.2 Å². The van der Waals surface area contributed by atoms with Crippen LogP contribution >= 0.6 is 0 Å². The van der Waals surface area contributed by atoms with Gasteiger partial charge in [-0.25, -0.2) is 9.78 Å². The minimum atomic E-state index is -0.369. The van der Waals surface area contributed by atoms with Crippen LogP contribution in [-0.4, -0.2) is 57.0 Å². The number of likely N-dealkylation sites (tertiary alicyclic amines) is 2. The van der Waals surface area contributed by atoms with E-state index in [9.17, 15) is 9.59 Å². The first kappa shape index (κ1) is 19.8. The maximum Gasteiger partial charge on any atom is 0.347 e. The number of benzene rings is 1. The summed E-state index contributed by atoms with van der Waals surface area (Å²) < 4.78 is 1.42. The lowest BCUT2D eigenvalue weighted by molar-refractivity contribution is -0.135. The van der Waals surface area contributed by atoms with Crippen LogP contribution in [0.2, 0.25) is 0 Å². The molecule has 0 unspecified atom stereocenters. The Balaban J connectivity index is 1.62. The first-order valence-corrected chi connectivity index (χ1v) is 10.7. The minimum Gasteiger partial charge on any atom is -0.333 e. The zero-order valence-electron chi connectivity index (χ0n) is 17.1. The highest BCUT2D eigenvalue weighted by Crippen LogP contribution is 2.34. The summed E-state index contributed by atoms with van der Waals surface area (Å²) in [6.45, 7) is 1.15. The van der Waals surface area contributed by atoms with Crippen LogP contribution in [0.15, 0.2) is 53.6 Å². The Morgan fingerprint density at radius 3 is 2.72 bits per heavy atom. The molecule has 0 saturated carbocycles. The third-order valence-electron chi connectivity index (χ3n) is 6.48. The number of hydrogen-bond donors (Lipinski definition) is 0. The van der Waals surface area contributed by atoms with Crippen LogP contribution in [0.4, 0.5) is 0 Å². The summed E-state index contributed by atoms with van der Waals surface area (Å²) in [5.74, 6) is 0.0301. The molecule has 2 saturated heterocycles. The van der Waals surface area contributed by atoms with Crippen molar-refractivity contribution in [1.29, 1.82) is 0 Å². The molecule has 2 aliphatic rings. The fraction of sp³-hybridized carbons (Fsp3) is 0.522. The maximum absolute atomic E-state index is 13.4. The number of nitrogens with zero attached hydrogens (tertiary/aromatic N) is 4. The van der Waals surface area contributed by atoms with Gasteiger partial charge < -0.3 is 9.80 Å². The van der Waals surface area contributed by atoms with Crippen molar-refractivity contribution in [2.75, 3.05) is 13.6 Å². The monoisotopic (exact) mass is 394 g/mol. The van der Waals surface area contributed by atoms with Crippen molar-refractivity contribution in [2.24, 2.45) is 0 Å². The largest absolute Gasteiger partial charge is 0.347 e. The molecule has 1 aromatic heterocycles. The second-order valence-corrected chi connectivity index (χ2v) is 8.38. The summed E-state index contributed by atoms with van der Waals surface area (Å²) in [5, 5.41) is 0. The smallest absolute Gasteiger partial charge is 0.333 e. The van der Waals surface area contributed by atoms with Gasteiger partial charge in [0.05, 0.1) is 0 Å². The van der Waals surface area contributed by atoms with Gasteiger partial charge in [0.2, 0.25) is 5.91 Å². The molecular weight excluding hydrogens is 364 g/mol. The first-order chi connectivity index (χ1) is 14.1. The van der Waals surface area contributed by atoms with Crippen molar-refractivity contribution < 1.29 is 4.79 Å². The van der Waals surface area contributed by atoms with E-state index >= 15 is 0 Å². The molecule has 0 bridgehead atoms. The topological polar surface area (TPSA) is 58.4 Å². The molecule has 2 aromatic rings. The molecule has 0 spiro atoms. The average Bonchev–Trinajstić information content (AvgIpc) is 3.06. The third-order valence-corrected chi connectivity index (χ3v) is 6.48. The molecule has 3 heterocycles. The fourth-order valence-corrected chi connectivity index (χ4v) is 5.06. The van der Waals surface area contributed by atoms with Crippen molar-refractivity contribution in [3.05, 3.63) is 64.8 Å². The highest BCUT2D eigenvalue weighted by atomic mass is 16.2. The summed E-state index contributed by atoms with van der Waals surface area (Å²) in [7, 11) is 2.20. The van der Waals surface area contributed by atoms with E-state index in [0.717, 1.165) is 32.2 Å². The van der Waals surface area contributed by atoms with E-state index in [1.807, 2.05) is 6.07 Å². The molecule has 0 aliphatic carbocycles. The van der Waals surface area contributed by atoms with E-state index in [1.54, 1.807) is 12.3 Å². The van der Waals surface area contributed by atoms with Gasteiger partial charge in [0.1, 0.15) is 6.54 Å². The lowest BCUT2D eigenvalue weighted by Crippen LogP contribution is -2.49. The molecule has 6 heteroatoms. The predicted octanol–water partition coefficient (Wildman–Crippen LogP) is 2.33. The summed E-state index contributed by atoms with van der Waals surface area (Å²) in [6, 6.07) is 12.9. The molecule has 3 atom stereocenters. The van der Waals surface area contributed by atoms with E-state index in [2.05, 4.69) is 46.1 Å². The molecule has 0 radical (unpaired) electrons. The fourth-order valence-electron chi connectivity index (χ4n) is 5.06. The number of hydrogen-bond acceptors (Lipinski definition) is 4. The Bertz CT molecular complexity index is 882. The normalized spacial score (nSPS) is 25.3. The van der Waals surface area contributed by atoms with Gasteiger partial charge in [-0.1, -0.05) is 43.2 Å². The van der Waals surface area contributed by atoms with E-state index in [4.69, 9.17) is 0 Å². The van der Waals surface area contributed by atoms with Crippen LogP contribution in [0, 0.1) is 0 Å². The number of aromatic nitrogens is 2. The van der Waals surface area contributed by atoms with Crippen LogP contribution < -0.4 is 5.69 Å². The Morgan fingerprint density at radius 2 is 1.93 bits per heavy atom. The van der Waals surface area contributed by atoms with Gasteiger partial charge in [-0.15, -0.1) is 0 Å². The maximum atomic E-state index is 13.4. The van der Waals surface area contributed by atoms with Gasteiger partial charge in [-0.3, -0.25) is 9.36 Å². The first-order valence-electron chi connectivity index (χ1n) is 10.7. The highest BCUT2D eigenvalue weighted by molar-refractivity contribution is 5.77. The summed E-state index contributed by atoms with van der Waals surface area (Å²) in [4.78, 5) is 33.9. The Morgan fingerprint density at radius 1 is 1.10 bits per heavy atom. The van der Waals surface area contributed by atoms with Crippen LogP contribution in [0.25, 0.3) is 0 Å². The van der Waals surface area contributed by atoms with Gasteiger partial charge in [-0.05, 0) is 50.9 Å². The third kappa shape index (κ3) is 4.42. The van der Waals surface area contributed by atoms with Crippen LogP contribution in [0.1, 0.15) is 37.7 Å². The van der Waals surface area contributed by atoms with Crippen molar-refractivity contribution >= 4 is 5.91 Å². The summed E-state index contributed by atoms with van der Waals surface area (Å²) in [5.41, 5.74) is 0.886. The molecule has 4 rings (SSSR count). The second-order valence-electron chi connectivity index (χ2n) is 8.38. The van der Waals surface area contributed by atoms with Crippen molar-refractivity contribution in [3.63, 3.8) is 0 Å². The lowest BCUT2D eigenvalue weighted by atomic mass is 9.96. The number of carbonyl (C=O) groups excluding carboxylic acids is 1. The van der Waals surface area contributed by atoms with Crippen LogP contribution in [0.5, 0.6) is 0 Å². The summed E-state index contributed by atoms with van der Waals surface area (Å²) in [6.07, 6.45) is 9.59.